The average molecular weight is 319 g/mol. The van der Waals surface area contributed by atoms with E-state index in [0.717, 1.165) is 6.07 Å². The molecule has 0 saturated heterocycles. The van der Waals surface area contributed by atoms with Gasteiger partial charge in [-0.15, -0.1) is 0 Å². The van der Waals surface area contributed by atoms with Crippen molar-refractivity contribution in [2.24, 2.45) is 0 Å². The number of benzene rings is 1. The van der Waals surface area contributed by atoms with Crippen molar-refractivity contribution in [3.05, 3.63) is 42.5 Å². The van der Waals surface area contributed by atoms with Crippen molar-refractivity contribution in [2.45, 2.75) is 16.9 Å². The fraction of sp³-hybridized carbons (Fsp3) is 0.250. The van der Waals surface area contributed by atoms with Gasteiger partial charge in [0, 0.05) is 19.4 Å². The van der Waals surface area contributed by atoms with Crippen LogP contribution < -0.4 is 4.90 Å². The van der Waals surface area contributed by atoms with Crippen molar-refractivity contribution in [1.29, 1.82) is 0 Å². The summed E-state index contributed by atoms with van der Waals surface area (Å²) in [6.07, 6.45) is 3.07. The topological polar surface area (TPSA) is 66.1 Å². The van der Waals surface area contributed by atoms with Crippen molar-refractivity contribution >= 4 is 15.5 Å². The molecule has 0 unspecified atom stereocenters. The Morgan fingerprint density at radius 2 is 1.95 bits per heavy atom. The number of hydrogen-bond acceptors (Lipinski definition) is 4. The highest BCUT2D eigenvalue weighted by molar-refractivity contribution is 7.92. The first-order valence-electron chi connectivity index (χ1n) is 5.83. The van der Waals surface area contributed by atoms with Gasteiger partial charge in [0.25, 0.3) is 9.84 Å². The quantitative estimate of drug-likeness (QED) is 0.939. The van der Waals surface area contributed by atoms with E-state index in [0.29, 0.717) is 5.82 Å². The summed E-state index contributed by atoms with van der Waals surface area (Å²) in [6, 6.07) is 4.99. The monoisotopic (exact) mass is 319 g/mol. The van der Waals surface area contributed by atoms with Gasteiger partial charge in [0.1, 0.15) is 5.82 Å². The molecule has 1 heterocycles. The van der Waals surface area contributed by atoms with Crippen LogP contribution >= 0.6 is 0 Å². The second-order valence-electron chi connectivity index (χ2n) is 4.31. The number of nitrogens with one attached hydrogen (secondary N) is 1. The number of H-pyrrole nitrogens is 1. The van der Waals surface area contributed by atoms with Crippen molar-refractivity contribution in [3.8, 4) is 0 Å². The summed E-state index contributed by atoms with van der Waals surface area (Å²) in [5, 5.41) is 0. The number of sulfone groups is 1. The molecule has 2 aromatic rings. The molecule has 1 N–H and O–H groups in total. The van der Waals surface area contributed by atoms with Gasteiger partial charge >= 0.3 is 5.51 Å². The molecule has 0 spiro atoms. The minimum Gasteiger partial charge on any atom is -0.366 e. The minimum absolute atomic E-state index is 0.0359. The van der Waals surface area contributed by atoms with Crippen LogP contribution in [-0.4, -0.2) is 30.9 Å². The predicted molar refractivity (Wildman–Crippen MR) is 70.4 cm³/mol. The fourth-order valence-corrected chi connectivity index (χ4v) is 2.82. The molecule has 21 heavy (non-hydrogen) atoms. The average Bonchev–Trinajstić information content (AvgIpc) is 2.90. The van der Waals surface area contributed by atoms with Gasteiger partial charge in [0.15, 0.2) is 0 Å². The molecule has 0 atom stereocenters. The van der Waals surface area contributed by atoms with Gasteiger partial charge in [-0.2, -0.15) is 13.2 Å². The maximum Gasteiger partial charge on any atom is 0.501 e. The van der Waals surface area contributed by atoms with E-state index < -0.39 is 20.2 Å². The van der Waals surface area contributed by atoms with Crippen molar-refractivity contribution in [2.75, 3.05) is 11.9 Å². The molecule has 114 valence electrons. The fourth-order valence-electron chi connectivity index (χ4n) is 1.82. The first-order valence-corrected chi connectivity index (χ1v) is 7.31. The lowest BCUT2D eigenvalue weighted by Crippen LogP contribution is -2.27. The second-order valence-corrected chi connectivity index (χ2v) is 6.22. The number of hydrogen-bond donors (Lipinski definition) is 1. The Balaban J connectivity index is 2.42. The molecule has 0 radical (unpaired) electrons. The predicted octanol–water partition coefficient (Wildman–Crippen LogP) is 2.34. The summed E-state index contributed by atoms with van der Waals surface area (Å²) < 4.78 is 61.4. The van der Waals surface area contributed by atoms with E-state index in [1.165, 1.54) is 36.3 Å². The van der Waals surface area contributed by atoms with Crippen LogP contribution in [0, 0.1) is 0 Å². The number of para-hydroxylation sites is 1. The van der Waals surface area contributed by atoms with E-state index in [1.54, 1.807) is 6.20 Å². The maximum absolute atomic E-state index is 12.7. The van der Waals surface area contributed by atoms with Gasteiger partial charge in [-0.3, -0.25) is 0 Å². The van der Waals surface area contributed by atoms with Gasteiger partial charge in [0.2, 0.25) is 0 Å². The van der Waals surface area contributed by atoms with Gasteiger partial charge in [0.05, 0.1) is 17.1 Å². The molecule has 0 aliphatic carbocycles. The summed E-state index contributed by atoms with van der Waals surface area (Å²) >= 11 is 0. The third-order valence-electron chi connectivity index (χ3n) is 2.81. The Kier molecular flexibility index (Phi) is 3.95. The molecule has 2 rings (SSSR count). The Bertz CT molecular complexity index is 712. The number of rotatable bonds is 4. The van der Waals surface area contributed by atoms with Crippen LogP contribution in [-0.2, 0) is 16.4 Å². The lowest BCUT2D eigenvalue weighted by atomic mass is 10.3. The van der Waals surface area contributed by atoms with Gasteiger partial charge in [-0.1, -0.05) is 12.1 Å². The van der Waals surface area contributed by atoms with E-state index in [2.05, 4.69) is 9.97 Å². The van der Waals surface area contributed by atoms with Crippen LogP contribution in [0.5, 0.6) is 0 Å². The van der Waals surface area contributed by atoms with Crippen LogP contribution in [0.1, 0.15) is 5.82 Å². The zero-order valence-electron chi connectivity index (χ0n) is 10.9. The first kappa shape index (κ1) is 15.4. The van der Waals surface area contributed by atoms with Gasteiger partial charge in [-0.25, -0.2) is 13.4 Å². The van der Waals surface area contributed by atoms with E-state index in [4.69, 9.17) is 0 Å². The number of aromatic amines is 1. The maximum atomic E-state index is 12.7. The zero-order valence-corrected chi connectivity index (χ0v) is 11.7. The third-order valence-corrected chi connectivity index (χ3v) is 4.35. The molecule has 0 saturated carbocycles. The molecule has 1 aromatic heterocycles. The number of imidazole rings is 1. The van der Waals surface area contributed by atoms with Crippen molar-refractivity contribution < 1.29 is 21.6 Å². The first-order chi connectivity index (χ1) is 9.73. The Morgan fingerprint density at radius 1 is 1.29 bits per heavy atom. The number of halogens is 3. The van der Waals surface area contributed by atoms with Crippen LogP contribution in [0.3, 0.4) is 0 Å². The van der Waals surface area contributed by atoms with Crippen LogP contribution in [0.4, 0.5) is 18.9 Å². The van der Waals surface area contributed by atoms with Crippen molar-refractivity contribution in [3.63, 3.8) is 0 Å². The molecular weight excluding hydrogens is 307 g/mol. The summed E-state index contributed by atoms with van der Waals surface area (Å²) in [4.78, 5) is 7.37. The van der Waals surface area contributed by atoms with Crippen LogP contribution in [0.15, 0.2) is 41.6 Å². The standard InChI is InChI=1S/C12H12F3N3O2S/c1-18(8-11-16-6-7-17-11)9-4-2-3-5-10(9)21(19,20)12(13,14)15/h2-7H,8H2,1H3,(H,16,17). The zero-order chi connectivity index (χ0) is 15.7. The Hall–Kier alpha value is -2.03. The highest BCUT2D eigenvalue weighted by Crippen LogP contribution is 2.35. The molecule has 0 fully saturated rings. The molecule has 0 aliphatic heterocycles. The largest absolute Gasteiger partial charge is 0.501 e. The van der Waals surface area contributed by atoms with Crippen LogP contribution in [0.2, 0.25) is 0 Å². The summed E-state index contributed by atoms with van der Waals surface area (Å²) in [6.45, 7) is 0.150. The molecule has 0 aliphatic rings. The second kappa shape index (κ2) is 5.40. The van der Waals surface area contributed by atoms with E-state index in [1.807, 2.05) is 0 Å². The molecule has 0 amide bonds. The number of nitrogens with zero attached hydrogens (tertiary/aromatic N) is 2. The molecule has 0 bridgehead atoms. The Labute approximate surface area is 119 Å². The number of alkyl halides is 3. The number of anilines is 1. The number of aromatic nitrogens is 2. The molecule has 9 heteroatoms. The van der Waals surface area contributed by atoms with E-state index in [9.17, 15) is 21.6 Å². The Morgan fingerprint density at radius 3 is 2.52 bits per heavy atom. The van der Waals surface area contributed by atoms with Gasteiger partial charge in [-0.05, 0) is 12.1 Å². The molecule has 1 aromatic carbocycles. The molecular formula is C12H12F3N3O2S. The SMILES string of the molecule is CN(Cc1ncc[nH]1)c1ccccc1S(=O)(=O)C(F)(F)F. The lowest BCUT2D eigenvalue weighted by Gasteiger charge is -2.21. The third kappa shape index (κ3) is 3.02. The smallest absolute Gasteiger partial charge is 0.366 e. The van der Waals surface area contributed by atoms with Crippen molar-refractivity contribution in [1.82, 2.24) is 9.97 Å². The summed E-state index contributed by atoms with van der Waals surface area (Å²) in [5.74, 6) is 0.511. The van der Waals surface area contributed by atoms with E-state index >= 15 is 0 Å². The van der Waals surface area contributed by atoms with Gasteiger partial charge < -0.3 is 9.88 Å². The molecule has 5 nitrogen and oxygen atoms in total. The highest BCUT2D eigenvalue weighted by atomic mass is 32.2. The normalized spacial score (nSPS) is 12.4. The summed E-state index contributed by atoms with van der Waals surface area (Å²) in [5.41, 5.74) is -5.37. The lowest BCUT2D eigenvalue weighted by molar-refractivity contribution is -0.0435. The van der Waals surface area contributed by atoms with Crippen LogP contribution in [0.25, 0.3) is 0 Å². The minimum atomic E-state index is -5.40. The highest BCUT2D eigenvalue weighted by Gasteiger charge is 2.48. The summed E-state index contributed by atoms with van der Waals surface area (Å²) in [7, 11) is -3.91. The van der Waals surface area contributed by atoms with E-state index in [-0.39, 0.29) is 12.2 Å².